The van der Waals surface area contributed by atoms with Crippen molar-refractivity contribution >= 4 is 25.0 Å². The molecule has 0 aliphatic carbocycles. The van der Waals surface area contributed by atoms with Crippen LogP contribution in [0.3, 0.4) is 0 Å². The molecule has 146 valence electrons. The minimum Gasteiger partial charge on any atom is -0.381 e. The van der Waals surface area contributed by atoms with E-state index in [0.717, 1.165) is 18.9 Å². The fourth-order valence-electron chi connectivity index (χ4n) is 2.79. The van der Waals surface area contributed by atoms with E-state index >= 15 is 0 Å². The summed E-state index contributed by atoms with van der Waals surface area (Å²) >= 11 is 0. The maximum Gasteiger partial charge on any atom is 0.0381 e. The van der Waals surface area contributed by atoms with Crippen molar-refractivity contribution in [2.24, 2.45) is 0 Å². The van der Waals surface area contributed by atoms with E-state index < -0.39 is 0 Å². The normalized spacial score (nSPS) is 10.7. The van der Waals surface area contributed by atoms with Crippen LogP contribution in [0, 0.1) is 20.8 Å². The van der Waals surface area contributed by atoms with E-state index in [0.29, 0.717) is 0 Å². The molecule has 0 amide bonds. The van der Waals surface area contributed by atoms with Gasteiger partial charge < -0.3 is 16.0 Å². The highest BCUT2D eigenvalue weighted by Gasteiger charge is 2.08. The number of rotatable bonds is 9. The standard InChI is InChI=1S/C24H30N3P/c1-19-4-10-22(11-5-19)25-16-28(17-26-23-12-6-20(2)7-13-23)18-27-24-14-8-21(3)9-15-24/h4-15,25-27H,16-18H2,1-3H3. The van der Waals surface area contributed by atoms with Crippen LogP contribution in [0.2, 0.25) is 0 Å². The van der Waals surface area contributed by atoms with Crippen LogP contribution < -0.4 is 16.0 Å². The van der Waals surface area contributed by atoms with Gasteiger partial charge in [0.15, 0.2) is 0 Å². The van der Waals surface area contributed by atoms with Gasteiger partial charge in [0, 0.05) is 35.9 Å². The highest BCUT2D eigenvalue weighted by atomic mass is 31.1. The minimum atomic E-state index is -0.288. The van der Waals surface area contributed by atoms with Gasteiger partial charge in [0.2, 0.25) is 0 Å². The fourth-order valence-corrected chi connectivity index (χ4v) is 4.35. The molecule has 4 heteroatoms. The quantitative estimate of drug-likeness (QED) is 0.360. The summed E-state index contributed by atoms with van der Waals surface area (Å²) in [6.07, 6.45) is 2.91. The lowest BCUT2D eigenvalue weighted by Crippen LogP contribution is -2.13. The summed E-state index contributed by atoms with van der Waals surface area (Å²) in [6.45, 7) is 6.36. The summed E-state index contributed by atoms with van der Waals surface area (Å²) in [5.74, 6) is 0. The van der Waals surface area contributed by atoms with Gasteiger partial charge in [-0.15, -0.1) is 0 Å². The molecule has 0 bridgehead atoms. The highest BCUT2D eigenvalue weighted by molar-refractivity contribution is 7.58. The van der Waals surface area contributed by atoms with Crippen molar-refractivity contribution < 1.29 is 0 Å². The Bertz CT molecular complexity index is 725. The molecule has 0 spiro atoms. The molecule has 3 aromatic carbocycles. The lowest BCUT2D eigenvalue weighted by atomic mass is 10.2. The summed E-state index contributed by atoms with van der Waals surface area (Å²) < 4.78 is 0. The number of hydrogen-bond donors (Lipinski definition) is 3. The second kappa shape index (κ2) is 10.1. The van der Waals surface area contributed by atoms with Crippen LogP contribution in [0.4, 0.5) is 17.1 Å². The number of hydrogen-bond acceptors (Lipinski definition) is 3. The molecule has 0 unspecified atom stereocenters. The molecule has 0 saturated heterocycles. The SMILES string of the molecule is Cc1ccc(NCP(CNc2ccc(C)cc2)CNc2ccc(C)cc2)cc1. The van der Waals surface area contributed by atoms with E-state index in [1.807, 2.05) is 0 Å². The molecule has 0 aliphatic rings. The summed E-state index contributed by atoms with van der Waals surface area (Å²) in [5.41, 5.74) is 7.41. The van der Waals surface area contributed by atoms with Crippen molar-refractivity contribution in [3.8, 4) is 0 Å². The van der Waals surface area contributed by atoms with Crippen LogP contribution in [0.1, 0.15) is 16.7 Å². The van der Waals surface area contributed by atoms with Crippen LogP contribution in [-0.4, -0.2) is 18.9 Å². The first-order valence-electron chi connectivity index (χ1n) is 9.72. The molecular weight excluding hydrogens is 361 g/mol. The molecular formula is C24H30N3P. The van der Waals surface area contributed by atoms with Gasteiger partial charge in [-0.2, -0.15) is 0 Å². The lowest BCUT2D eigenvalue weighted by molar-refractivity contribution is 1.32. The Kier molecular flexibility index (Phi) is 7.33. The predicted molar refractivity (Wildman–Crippen MR) is 126 cm³/mol. The first-order chi connectivity index (χ1) is 13.6. The number of aryl methyl sites for hydroxylation is 3. The smallest absolute Gasteiger partial charge is 0.0381 e. The maximum absolute atomic E-state index is 3.61. The van der Waals surface area contributed by atoms with E-state index in [1.165, 1.54) is 33.8 Å². The molecule has 0 aromatic heterocycles. The van der Waals surface area contributed by atoms with Crippen molar-refractivity contribution in [3.05, 3.63) is 89.5 Å². The van der Waals surface area contributed by atoms with Gasteiger partial charge in [-0.1, -0.05) is 53.1 Å². The van der Waals surface area contributed by atoms with Crippen molar-refractivity contribution in [3.63, 3.8) is 0 Å². The van der Waals surface area contributed by atoms with Crippen LogP contribution in [0.25, 0.3) is 0 Å². The van der Waals surface area contributed by atoms with Gasteiger partial charge >= 0.3 is 0 Å². The number of benzene rings is 3. The van der Waals surface area contributed by atoms with E-state index in [1.54, 1.807) is 0 Å². The third kappa shape index (κ3) is 6.58. The molecule has 0 heterocycles. The Morgan fingerprint density at radius 1 is 0.464 bits per heavy atom. The summed E-state index contributed by atoms with van der Waals surface area (Å²) in [4.78, 5) is 0. The van der Waals surface area contributed by atoms with E-state index in [-0.39, 0.29) is 7.92 Å². The topological polar surface area (TPSA) is 36.1 Å². The number of nitrogens with one attached hydrogen (secondary N) is 3. The first-order valence-corrected chi connectivity index (χ1v) is 11.6. The molecule has 3 nitrogen and oxygen atoms in total. The molecule has 3 aromatic rings. The van der Waals surface area contributed by atoms with E-state index in [9.17, 15) is 0 Å². The number of anilines is 3. The summed E-state index contributed by atoms with van der Waals surface area (Å²) in [7, 11) is -0.288. The third-order valence-electron chi connectivity index (χ3n) is 4.68. The average molecular weight is 391 g/mol. The van der Waals surface area contributed by atoms with Gasteiger partial charge in [-0.3, -0.25) is 0 Å². The molecule has 0 fully saturated rings. The third-order valence-corrected chi connectivity index (χ3v) is 6.49. The Labute approximate surface area is 170 Å². The molecule has 0 atom stereocenters. The monoisotopic (exact) mass is 391 g/mol. The fraction of sp³-hybridized carbons (Fsp3) is 0.250. The second-order valence-electron chi connectivity index (χ2n) is 7.27. The maximum atomic E-state index is 3.61. The summed E-state index contributed by atoms with van der Waals surface area (Å²) in [6, 6.07) is 25.9. The van der Waals surface area contributed by atoms with Gasteiger partial charge in [0.25, 0.3) is 0 Å². The molecule has 3 N–H and O–H groups in total. The van der Waals surface area contributed by atoms with Gasteiger partial charge in [0.1, 0.15) is 0 Å². The Morgan fingerprint density at radius 2 is 0.714 bits per heavy atom. The van der Waals surface area contributed by atoms with Crippen molar-refractivity contribution in [2.45, 2.75) is 20.8 Å². The zero-order valence-corrected chi connectivity index (χ0v) is 17.9. The van der Waals surface area contributed by atoms with E-state index in [4.69, 9.17) is 0 Å². The Hall–Kier alpha value is -2.51. The largest absolute Gasteiger partial charge is 0.381 e. The van der Waals surface area contributed by atoms with Crippen molar-refractivity contribution in [1.29, 1.82) is 0 Å². The average Bonchev–Trinajstić information content (AvgIpc) is 2.71. The predicted octanol–water partition coefficient (Wildman–Crippen LogP) is 6.60. The van der Waals surface area contributed by atoms with Crippen LogP contribution in [0.5, 0.6) is 0 Å². The summed E-state index contributed by atoms with van der Waals surface area (Å²) in [5, 5.41) is 10.8. The minimum absolute atomic E-state index is 0.288. The molecule has 0 radical (unpaired) electrons. The van der Waals surface area contributed by atoms with Gasteiger partial charge in [-0.25, -0.2) is 0 Å². The van der Waals surface area contributed by atoms with Crippen molar-refractivity contribution in [2.75, 3.05) is 34.8 Å². The van der Waals surface area contributed by atoms with Crippen molar-refractivity contribution in [1.82, 2.24) is 0 Å². The Balaban J connectivity index is 1.58. The van der Waals surface area contributed by atoms with Gasteiger partial charge in [-0.05, 0) is 65.1 Å². The van der Waals surface area contributed by atoms with Crippen LogP contribution in [-0.2, 0) is 0 Å². The van der Waals surface area contributed by atoms with Crippen LogP contribution >= 0.6 is 7.92 Å². The second-order valence-corrected chi connectivity index (χ2v) is 9.56. The molecule has 28 heavy (non-hydrogen) atoms. The van der Waals surface area contributed by atoms with Gasteiger partial charge in [0.05, 0.1) is 0 Å². The highest BCUT2D eigenvalue weighted by Crippen LogP contribution is 2.35. The first kappa shape index (κ1) is 20.2. The van der Waals surface area contributed by atoms with Crippen LogP contribution in [0.15, 0.2) is 72.8 Å². The molecule has 0 aliphatic heterocycles. The molecule has 3 rings (SSSR count). The Morgan fingerprint density at radius 3 is 0.964 bits per heavy atom. The van der Waals surface area contributed by atoms with E-state index in [2.05, 4.69) is 110 Å². The molecule has 0 saturated carbocycles. The zero-order chi connectivity index (χ0) is 19.8. The lowest BCUT2D eigenvalue weighted by Gasteiger charge is -2.21. The zero-order valence-electron chi connectivity index (χ0n) is 17.0.